The summed E-state index contributed by atoms with van der Waals surface area (Å²) in [5, 5.41) is 9.08. The molecule has 10 aromatic rings. The summed E-state index contributed by atoms with van der Waals surface area (Å²) in [6.07, 6.45) is 1.78. The Kier molecular flexibility index (Phi) is 9.70. The van der Waals surface area contributed by atoms with Crippen LogP contribution in [0.1, 0.15) is 56.3 Å². The quantitative estimate of drug-likeness (QED) is 0.173. The zero-order chi connectivity index (χ0) is 41.7. The van der Waals surface area contributed by atoms with Gasteiger partial charge in [-0.05, 0) is 117 Å². The Labute approximate surface area is 367 Å². The number of hydrogen-bond acceptors (Lipinski definition) is 3. The Bertz CT molecular complexity index is 3330. The fraction of sp³-hybridized carbons (Fsp3) is 0.119. The average molecular weight is 818 g/mol. The van der Waals surface area contributed by atoms with Gasteiger partial charge in [0.1, 0.15) is 11.2 Å². The van der Waals surface area contributed by atoms with Gasteiger partial charge in [0.15, 0.2) is 0 Å². The Morgan fingerprint density at radius 2 is 1.13 bits per heavy atom. The average Bonchev–Trinajstić information content (AvgIpc) is 3.90. The number of rotatable bonds is 7. The van der Waals surface area contributed by atoms with Crippen LogP contribution in [0.15, 0.2) is 204 Å². The standard InChI is InChI=1S/C59H47NOS/c1-4-39-33-51(37(2)38(3)58(43-19-12-7-13-20-43)60-59(39)44-25-23-42(24-26-44)40-15-8-5-9-16-40)49-21-14-22-53-57(49)50-31-28-46(35-54(50)61-53)45-29-32-55-52(34-45)48-30-27-47(36-56(48)62-55)41-17-10-6-11-18-41/h5-32,34-36,38,58,60H,4,33H2,1-3H3/b51-37-,59-39-. The van der Waals surface area contributed by atoms with Crippen molar-refractivity contribution in [1.82, 2.24) is 5.32 Å². The maximum atomic E-state index is 6.80. The van der Waals surface area contributed by atoms with Gasteiger partial charge in [0, 0.05) is 42.6 Å². The van der Waals surface area contributed by atoms with Crippen molar-refractivity contribution in [2.24, 2.45) is 5.92 Å². The molecule has 1 N–H and O–H groups in total. The lowest BCUT2D eigenvalue weighted by molar-refractivity contribution is 0.482. The van der Waals surface area contributed by atoms with Crippen LogP contribution in [-0.4, -0.2) is 0 Å². The van der Waals surface area contributed by atoms with E-state index in [1.807, 2.05) is 11.3 Å². The first kappa shape index (κ1) is 38.0. The highest BCUT2D eigenvalue weighted by molar-refractivity contribution is 7.25. The second-order valence-corrected chi connectivity index (χ2v) is 17.9. The van der Waals surface area contributed by atoms with Crippen LogP contribution in [0.4, 0.5) is 0 Å². The Morgan fingerprint density at radius 1 is 0.532 bits per heavy atom. The number of furan rings is 1. The highest BCUT2D eigenvalue weighted by Gasteiger charge is 2.29. The summed E-state index contributed by atoms with van der Waals surface area (Å²) in [6, 6.07) is 68.7. The minimum Gasteiger partial charge on any atom is -0.456 e. The van der Waals surface area contributed by atoms with Crippen molar-refractivity contribution in [1.29, 1.82) is 0 Å². The molecule has 0 fully saturated rings. The molecule has 2 nitrogen and oxygen atoms in total. The molecule has 1 aliphatic rings. The first-order chi connectivity index (χ1) is 30.5. The van der Waals surface area contributed by atoms with E-state index in [1.54, 1.807) is 0 Å². The molecule has 0 bridgehead atoms. The van der Waals surface area contributed by atoms with E-state index in [2.05, 4.69) is 214 Å². The normalized spacial score (nSPS) is 18.3. The molecule has 1 aliphatic heterocycles. The van der Waals surface area contributed by atoms with Gasteiger partial charge in [0.25, 0.3) is 0 Å². The second kappa shape index (κ2) is 15.8. The van der Waals surface area contributed by atoms with E-state index in [4.69, 9.17) is 4.42 Å². The number of thiophene rings is 1. The van der Waals surface area contributed by atoms with Crippen molar-refractivity contribution in [2.45, 2.75) is 39.7 Å². The molecule has 0 saturated carbocycles. The van der Waals surface area contributed by atoms with E-state index in [0.29, 0.717) is 0 Å². The highest BCUT2D eigenvalue weighted by Crippen LogP contribution is 2.46. The topological polar surface area (TPSA) is 25.2 Å². The van der Waals surface area contributed by atoms with Crippen LogP contribution in [-0.2, 0) is 0 Å². The molecular weight excluding hydrogens is 771 g/mol. The minimum atomic E-state index is 0.0864. The van der Waals surface area contributed by atoms with Gasteiger partial charge in [-0.15, -0.1) is 11.3 Å². The number of fused-ring (bicyclic) bond motifs is 6. The van der Waals surface area contributed by atoms with E-state index < -0.39 is 0 Å². The number of nitrogens with one attached hydrogen (secondary N) is 1. The van der Waals surface area contributed by atoms with Crippen molar-refractivity contribution in [3.05, 3.63) is 216 Å². The molecular formula is C59H47NOS. The Hall–Kier alpha value is -6.94. The SMILES string of the molecule is CC/C1=C(\c2ccc(-c3ccccc3)cc2)NC(c2ccccc2)C(C)/C(C)=C(\c2cccc3oc4cc(-c5ccc6sc7cc(-c8ccccc8)ccc7c6c5)ccc4c23)C1. The van der Waals surface area contributed by atoms with Gasteiger partial charge < -0.3 is 9.73 Å². The molecule has 0 aliphatic carbocycles. The van der Waals surface area contributed by atoms with E-state index in [0.717, 1.165) is 35.0 Å². The molecule has 2 unspecified atom stereocenters. The highest BCUT2D eigenvalue weighted by atomic mass is 32.1. The fourth-order valence-electron chi connectivity index (χ4n) is 9.76. The molecule has 8 aromatic carbocycles. The van der Waals surface area contributed by atoms with Crippen LogP contribution in [0.25, 0.3) is 86.8 Å². The van der Waals surface area contributed by atoms with Crippen LogP contribution in [0.2, 0.25) is 0 Å². The summed E-state index contributed by atoms with van der Waals surface area (Å²) in [4.78, 5) is 0. The van der Waals surface area contributed by atoms with Crippen molar-refractivity contribution in [2.75, 3.05) is 0 Å². The number of hydrogen-bond donors (Lipinski definition) is 1. The van der Waals surface area contributed by atoms with Crippen LogP contribution in [0.5, 0.6) is 0 Å². The van der Waals surface area contributed by atoms with Crippen molar-refractivity contribution >= 4 is 64.7 Å². The molecule has 0 spiro atoms. The third-order valence-corrected chi connectivity index (χ3v) is 14.4. The molecule has 62 heavy (non-hydrogen) atoms. The Morgan fingerprint density at radius 3 is 1.85 bits per heavy atom. The first-order valence-corrected chi connectivity index (χ1v) is 22.7. The maximum Gasteiger partial charge on any atom is 0.136 e. The molecule has 0 saturated heterocycles. The van der Waals surface area contributed by atoms with Gasteiger partial charge in [0.05, 0.1) is 6.04 Å². The summed E-state index contributed by atoms with van der Waals surface area (Å²) in [5.41, 5.74) is 18.4. The smallest absolute Gasteiger partial charge is 0.136 e. The van der Waals surface area contributed by atoms with Crippen LogP contribution in [0.3, 0.4) is 0 Å². The lowest BCUT2D eigenvalue weighted by Crippen LogP contribution is -2.29. The van der Waals surface area contributed by atoms with Gasteiger partial charge in [-0.1, -0.05) is 171 Å². The van der Waals surface area contributed by atoms with Gasteiger partial charge >= 0.3 is 0 Å². The van der Waals surface area contributed by atoms with Crippen molar-refractivity contribution < 1.29 is 4.42 Å². The predicted octanol–water partition coefficient (Wildman–Crippen LogP) is 16.9. The minimum absolute atomic E-state index is 0.0864. The maximum absolute atomic E-state index is 6.80. The van der Waals surface area contributed by atoms with Gasteiger partial charge in [-0.2, -0.15) is 0 Å². The number of benzene rings is 8. The zero-order valence-corrected chi connectivity index (χ0v) is 36.1. The van der Waals surface area contributed by atoms with Crippen LogP contribution >= 0.6 is 11.3 Å². The van der Waals surface area contributed by atoms with Gasteiger partial charge in [0.2, 0.25) is 0 Å². The molecule has 2 aromatic heterocycles. The fourth-order valence-corrected chi connectivity index (χ4v) is 10.9. The van der Waals surface area contributed by atoms with E-state index in [9.17, 15) is 0 Å². The van der Waals surface area contributed by atoms with E-state index in [1.165, 1.54) is 92.5 Å². The summed E-state index contributed by atoms with van der Waals surface area (Å²) in [6.45, 7) is 7.05. The molecule has 3 heteroatoms. The molecule has 0 radical (unpaired) electrons. The van der Waals surface area contributed by atoms with Crippen LogP contribution < -0.4 is 5.32 Å². The van der Waals surface area contributed by atoms with Crippen molar-refractivity contribution in [3.63, 3.8) is 0 Å². The largest absolute Gasteiger partial charge is 0.456 e. The summed E-state index contributed by atoms with van der Waals surface area (Å²) in [7, 11) is 0. The zero-order valence-electron chi connectivity index (χ0n) is 35.3. The molecule has 3 heterocycles. The summed E-state index contributed by atoms with van der Waals surface area (Å²) < 4.78 is 9.41. The lowest BCUT2D eigenvalue weighted by atomic mass is 9.79. The molecule has 11 rings (SSSR count). The first-order valence-electron chi connectivity index (χ1n) is 21.9. The molecule has 2 atom stereocenters. The Balaban J connectivity index is 1.01. The number of allylic oxidation sites excluding steroid dienone is 2. The second-order valence-electron chi connectivity index (χ2n) is 16.8. The monoisotopic (exact) mass is 817 g/mol. The molecule has 0 amide bonds. The van der Waals surface area contributed by atoms with E-state index in [-0.39, 0.29) is 12.0 Å². The summed E-state index contributed by atoms with van der Waals surface area (Å²) >= 11 is 1.87. The van der Waals surface area contributed by atoms with Gasteiger partial charge in [-0.25, -0.2) is 0 Å². The summed E-state index contributed by atoms with van der Waals surface area (Å²) in [5.74, 6) is 0.220. The predicted molar refractivity (Wildman–Crippen MR) is 265 cm³/mol. The van der Waals surface area contributed by atoms with Crippen LogP contribution in [0, 0.1) is 5.92 Å². The van der Waals surface area contributed by atoms with Crippen molar-refractivity contribution in [3.8, 4) is 33.4 Å². The molecule has 300 valence electrons. The third-order valence-electron chi connectivity index (χ3n) is 13.3. The third kappa shape index (κ3) is 6.74. The van der Waals surface area contributed by atoms with Gasteiger partial charge in [-0.3, -0.25) is 0 Å². The lowest BCUT2D eigenvalue weighted by Gasteiger charge is -2.34. The van der Waals surface area contributed by atoms with E-state index >= 15 is 0 Å².